The van der Waals surface area contributed by atoms with Gasteiger partial charge in [0.2, 0.25) is 0 Å². The minimum atomic E-state index is -0.207. The van der Waals surface area contributed by atoms with Gasteiger partial charge in [0, 0.05) is 56.7 Å². The van der Waals surface area contributed by atoms with Crippen LogP contribution in [0.2, 0.25) is 0 Å². The Morgan fingerprint density at radius 2 is 1.80 bits per heavy atom. The van der Waals surface area contributed by atoms with Crippen LogP contribution in [0.1, 0.15) is 5.69 Å². The first kappa shape index (κ1) is 19.4. The van der Waals surface area contributed by atoms with Crippen molar-refractivity contribution in [2.75, 3.05) is 37.6 Å². The SMILES string of the molecule is I.NC(=NCCc1ccccn1)N1CCN(c2ccc(F)cc2)CC1. The average Bonchev–Trinajstić information content (AvgIpc) is 2.63. The summed E-state index contributed by atoms with van der Waals surface area (Å²) in [5, 5.41) is 0. The van der Waals surface area contributed by atoms with Gasteiger partial charge >= 0.3 is 0 Å². The van der Waals surface area contributed by atoms with Crippen LogP contribution in [0.4, 0.5) is 10.1 Å². The Hall–Kier alpha value is -1.90. The van der Waals surface area contributed by atoms with Crippen molar-refractivity contribution in [1.29, 1.82) is 0 Å². The normalized spacial score (nSPS) is 15.0. The van der Waals surface area contributed by atoms with E-state index in [0.29, 0.717) is 12.5 Å². The molecule has 0 unspecified atom stereocenters. The van der Waals surface area contributed by atoms with E-state index in [1.807, 2.05) is 30.3 Å². The monoisotopic (exact) mass is 455 g/mol. The molecule has 1 aromatic heterocycles. The number of guanidine groups is 1. The van der Waals surface area contributed by atoms with E-state index in [4.69, 9.17) is 5.73 Å². The largest absolute Gasteiger partial charge is 0.370 e. The molecule has 0 spiro atoms. The van der Waals surface area contributed by atoms with Crippen molar-refractivity contribution >= 4 is 35.6 Å². The second-order valence-electron chi connectivity index (χ2n) is 5.76. The van der Waals surface area contributed by atoms with Crippen molar-refractivity contribution in [2.45, 2.75) is 6.42 Å². The van der Waals surface area contributed by atoms with Crippen LogP contribution in [0.15, 0.2) is 53.7 Å². The van der Waals surface area contributed by atoms with E-state index in [0.717, 1.165) is 44.0 Å². The third kappa shape index (κ3) is 5.55. The minimum Gasteiger partial charge on any atom is -0.370 e. The van der Waals surface area contributed by atoms with E-state index in [1.165, 1.54) is 12.1 Å². The first-order chi connectivity index (χ1) is 11.7. The number of hydrogen-bond acceptors (Lipinski definition) is 3. The smallest absolute Gasteiger partial charge is 0.191 e. The van der Waals surface area contributed by atoms with E-state index in [1.54, 1.807) is 6.20 Å². The number of hydrogen-bond donors (Lipinski definition) is 1. The highest BCUT2D eigenvalue weighted by Gasteiger charge is 2.18. The van der Waals surface area contributed by atoms with E-state index < -0.39 is 0 Å². The molecule has 7 heteroatoms. The maximum absolute atomic E-state index is 13.0. The summed E-state index contributed by atoms with van der Waals surface area (Å²) in [6, 6.07) is 12.5. The molecular weight excluding hydrogens is 432 g/mol. The summed E-state index contributed by atoms with van der Waals surface area (Å²) < 4.78 is 13.0. The van der Waals surface area contributed by atoms with Gasteiger partial charge in [0.1, 0.15) is 5.82 Å². The number of piperazine rings is 1. The first-order valence-corrected chi connectivity index (χ1v) is 8.18. The molecule has 1 saturated heterocycles. The zero-order valence-corrected chi connectivity index (χ0v) is 16.3. The Kier molecular flexibility index (Phi) is 7.42. The van der Waals surface area contributed by atoms with Crippen molar-refractivity contribution in [2.24, 2.45) is 10.7 Å². The van der Waals surface area contributed by atoms with Gasteiger partial charge in [-0.2, -0.15) is 0 Å². The number of benzene rings is 1. The summed E-state index contributed by atoms with van der Waals surface area (Å²) >= 11 is 0. The van der Waals surface area contributed by atoms with Crippen LogP contribution in [0.25, 0.3) is 0 Å². The molecule has 1 fully saturated rings. The van der Waals surface area contributed by atoms with Crippen LogP contribution in [0.3, 0.4) is 0 Å². The fourth-order valence-electron chi connectivity index (χ4n) is 2.78. The Balaban J connectivity index is 0.00000225. The van der Waals surface area contributed by atoms with Gasteiger partial charge in [-0.15, -0.1) is 24.0 Å². The molecule has 1 aliphatic rings. The van der Waals surface area contributed by atoms with Crippen molar-refractivity contribution < 1.29 is 4.39 Å². The second kappa shape index (κ2) is 9.55. The van der Waals surface area contributed by atoms with Crippen molar-refractivity contribution in [3.05, 3.63) is 60.2 Å². The van der Waals surface area contributed by atoms with Gasteiger partial charge in [-0.05, 0) is 36.4 Å². The van der Waals surface area contributed by atoms with Crippen LogP contribution in [0, 0.1) is 5.82 Å². The maximum atomic E-state index is 13.0. The molecule has 0 bridgehead atoms. The molecule has 1 aliphatic heterocycles. The predicted molar refractivity (Wildman–Crippen MR) is 110 cm³/mol. The van der Waals surface area contributed by atoms with Crippen molar-refractivity contribution in [3.63, 3.8) is 0 Å². The lowest BCUT2D eigenvalue weighted by Crippen LogP contribution is -2.51. The third-order valence-corrected chi connectivity index (χ3v) is 4.16. The number of aromatic nitrogens is 1. The Bertz CT molecular complexity index is 670. The van der Waals surface area contributed by atoms with Crippen LogP contribution >= 0.6 is 24.0 Å². The molecule has 2 heterocycles. The summed E-state index contributed by atoms with van der Waals surface area (Å²) in [5.74, 6) is 0.381. The average molecular weight is 455 g/mol. The molecule has 0 saturated carbocycles. The summed E-state index contributed by atoms with van der Waals surface area (Å²) in [5.41, 5.74) is 8.17. The molecular formula is C18H23FIN5. The molecule has 0 radical (unpaired) electrons. The van der Waals surface area contributed by atoms with Gasteiger partial charge in [0.05, 0.1) is 0 Å². The second-order valence-corrected chi connectivity index (χ2v) is 5.76. The number of nitrogens with two attached hydrogens (primary N) is 1. The zero-order chi connectivity index (χ0) is 16.8. The highest BCUT2D eigenvalue weighted by atomic mass is 127. The Morgan fingerprint density at radius 3 is 2.44 bits per heavy atom. The molecule has 2 N–H and O–H groups in total. The molecule has 5 nitrogen and oxygen atoms in total. The van der Waals surface area contributed by atoms with E-state index in [2.05, 4.69) is 19.8 Å². The first-order valence-electron chi connectivity index (χ1n) is 8.18. The topological polar surface area (TPSA) is 57.8 Å². The van der Waals surface area contributed by atoms with Crippen LogP contribution in [0.5, 0.6) is 0 Å². The number of aliphatic imine (C=N–C) groups is 1. The van der Waals surface area contributed by atoms with Crippen LogP contribution < -0.4 is 10.6 Å². The van der Waals surface area contributed by atoms with E-state index >= 15 is 0 Å². The summed E-state index contributed by atoms with van der Waals surface area (Å²) in [7, 11) is 0. The van der Waals surface area contributed by atoms with E-state index in [9.17, 15) is 4.39 Å². The highest BCUT2D eigenvalue weighted by Crippen LogP contribution is 2.16. The molecule has 25 heavy (non-hydrogen) atoms. The highest BCUT2D eigenvalue weighted by molar-refractivity contribution is 14.0. The number of rotatable bonds is 4. The summed E-state index contributed by atoms with van der Waals surface area (Å²) in [6.07, 6.45) is 2.58. The molecule has 2 aromatic rings. The lowest BCUT2D eigenvalue weighted by molar-refractivity contribution is 0.381. The standard InChI is InChI=1S/C18H22FN5.HI/c19-15-4-6-17(7-5-15)23-11-13-24(14-12-23)18(20)22-10-8-16-3-1-2-9-21-16;/h1-7,9H,8,10-14H2,(H2,20,22);1H. The van der Waals surface area contributed by atoms with Gasteiger partial charge < -0.3 is 15.5 Å². The number of anilines is 1. The van der Waals surface area contributed by atoms with Gasteiger partial charge in [-0.3, -0.25) is 9.98 Å². The number of nitrogens with zero attached hydrogens (tertiary/aromatic N) is 4. The summed E-state index contributed by atoms with van der Waals surface area (Å²) in [4.78, 5) is 13.1. The minimum absolute atomic E-state index is 0. The molecule has 0 atom stereocenters. The van der Waals surface area contributed by atoms with Gasteiger partial charge in [0.15, 0.2) is 5.96 Å². The lowest BCUT2D eigenvalue weighted by Gasteiger charge is -2.36. The molecule has 3 rings (SSSR count). The zero-order valence-electron chi connectivity index (χ0n) is 14.0. The fourth-order valence-corrected chi connectivity index (χ4v) is 2.78. The molecule has 0 amide bonds. The van der Waals surface area contributed by atoms with Gasteiger partial charge in [-0.1, -0.05) is 6.07 Å². The predicted octanol–water partition coefficient (Wildman–Crippen LogP) is 2.52. The van der Waals surface area contributed by atoms with Crippen LogP contribution in [-0.4, -0.2) is 48.6 Å². The van der Waals surface area contributed by atoms with Crippen molar-refractivity contribution in [1.82, 2.24) is 9.88 Å². The Labute approximate surface area is 164 Å². The molecule has 0 aliphatic carbocycles. The van der Waals surface area contributed by atoms with E-state index in [-0.39, 0.29) is 29.8 Å². The fraction of sp³-hybridized carbons (Fsp3) is 0.333. The third-order valence-electron chi connectivity index (χ3n) is 4.16. The van der Waals surface area contributed by atoms with Crippen LogP contribution in [-0.2, 0) is 6.42 Å². The number of pyridine rings is 1. The van der Waals surface area contributed by atoms with Gasteiger partial charge in [0.25, 0.3) is 0 Å². The van der Waals surface area contributed by atoms with Crippen molar-refractivity contribution in [3.8, 4) is 0 Å². The summed E-state index contributed by atoms with van der Waals surface area (Å²) in [6.45, 7) is 3.97. The lowest BCUT2D eigenvalue weighted by atomic mass is 10.2. The van der Waals surface area contributed by atoms with Gasteiger partial charge in [-0.25, -0.2) is 4.39 Å². The quantitative estimate of drug-likeness (QED) is 0.438. The number of halogens is 2. The molecule has 1 aromatic carbocycles. The molecule has 134 valence electrons. The maximum Gasteiger partial charge on any atom is 0.191 e. The Morgan fingerprint density at radius 1 is 1.08 bits per heavy atom.